The van der Waals surface area contributed by atoms with E-state index >= 15 is 0 Å². The summed E-state index contributed by atoms with van der Waals surface area (Å²) < 4.78 is 0. The maximum Gasteiger partial charge on any atom is 0.0511 e. The molecule has 0 radical (unpaired) electrons. The van der Waals surface area contributed by atoms with Gasteiger partial charge < -0.3 is 10.2 Å². The molecule has 9 heavy (non-hydrogen) atoms. The van der Waals surface area contributed by atoms with Gasteiger partial charge in [-0.25, -0.2) is 0 Å². The van der Waals surface area contributed by atoms with E-state index in [0.717, 1.165) is 12.8 Å². The van der Waals surface area contributed by atoms with E-state index in [1.54, 1.807) is 0 Å². The van der Waals surface area contributed by atoms with Gasteiger partial charge in [0.25, 0.3) is 0 Å². The zero-order valence-corrected chi connectivity index (χ0v) is 5.80. The molecule has 1 unspecified atom stereocenters. The monoisotopic (exact) mass is 130 g/mol. The summed E-state index contributed by atoms with van der Waals surface area (Å²) in [5.41, 5.74) is -0.125. The zero-order valence-electron chi connectivity index (χ0n) is 5.80. The third kappa shape index (κ3) is 0.864. The van der Waals surface area contributed by atoms with Gasteiger partial charge in [-0.1, -0.05) is 6.92 Å². The highest BCUT2D eigenvalue weighted by molar-refractivity contribution is 4.92. The fraction of sp³-hybridized carbons (Fsp3) is 1.00. The standard InChI is InChI=1S/C7H14O2/c1-6-2-3-7(6,4-8)5-9/h6,8-9H,2-5H2,1H3. The molecule has 54 valence electrons. The van der Waals surface area contributed by atoms with Gasteiger partial charge in [0.15, 0.2) is 0 Å². The van der Waals surface area contributed by atoms with Crippen molar-refractivity contribution in [2.75, 3.05) is 13.2 Å². The summed E-state index contributed by atoms with van der Waals surface area (Å²) in [5.74, 6) is 0.507. The maximum absolute atomic E-state index is 8.85. The van der Waals surface area contributed by atoms with E-state index in [0.29, 0.717) is 5.92 Å². The molecule has 1 atom stereocenters. The fourth-order valence-corrected chi connectivity index (χ4v) is 1.36. The Balaban J connectivity index is 2.48. The highest BCUT2D eigenvalue weighted by Gasteiger charge is 2.42. The van der Waals surface area contributed by atoms with Crippen LogP contribution < -0.4 is 0 Å². The van der Waals surface area contributed by atoms with Gasteiger partial charge in [0.2, 0.25) is 0 Å². The Morgan fingerprint density at radius 2 is 2.00 bits per heavy atom. The highest BCUT2D eigenvalue weighted by atomic mass is 16.3. The van der Waals surface area contributed by atoms with Crippen LogP contribution in [0.1, 0.15) is 19.8 Å². The van der Waals surface area contributed by atoms with Crippen LogP contribution in [0.25, 0.3) is 0 Å². The molecule has 0 heterocycles. The highest BCUT2D eigenvalue weighted by Crippen LogP contribution is 2.45. The van der Waals surface area contributed by atoms with Crippen LogP contribution in [0.2, 0.25) is 0 Å². The van der Waals surface area contributed by atoms with Gasteiger partial charge in [0.05, 0.1) is 13.2 Å². The van der Waals surface area contributed by atoms with Gasteiger partial charge in [0.1, 0.15) is 0 Å². The second-order valence-corrected chi connectivity index (χ2v) is 3.12. The lowest BCUT2D eigenvalue weighted by atomic mass is 9.62. The first kappa shape index (κ1) is 7.03. The van der Waals surface area contributed by atoms with Gasteiger partial charge in [-0.05, 0) is 18.8 Å². The molecule has 2 heteroatoms. The molecule has 1 saturated carbocycles. The Morgan fingerprint density at radius 1 is 1.44 bits per heavy atom. The van der Waals surface area contributed by atoms with Crippen molar-refractivity contribution in [2.24, 2.45) is 11.3 Å². The van der Waals surface area contributed by atoms with Gasteiger partial charge in [-0.3, -0.25) is 0 Å². The largest absolute Gasteiger partial charge is 0.396 e. The normalized spacial score (nSPS) is 31.7. The predicted molar refractivity (Wildman–Crippen MR) is 35.0 cm³/mol. The summed E-state index contributed by atoms with van der Waals surface area (Å²) in [6, 6.07) is 0. The first-order valence-electron chi connectivity index (χ1n) is 3.47. The minimum atomic E-state index is -0.125. The van der Waals surface area contributed by atoms with Crippen molar-refractivity contribution in [3.63, 3.8) is 0 Å². The first-order valence-corrected chi connectivity index (χ1v) is 3.47. The first-order chi connectivity index (χ1) is 4.25. The van der Waals surface area contributed by atoms with Crippen LogP contribution in [0.5, 0.6) is 0 Å². The quantitative estimate of drug-likeness (QED) is 0.567. The molecule has 0 spiro atoms. The molecule has 0 aromatic rings. The number of hydrogen-bond acceptors (Lipinski definition) is 2. The van der Waals surface area contributed by atoms with E-state index in [1.807, 2.05) is 0 Å². The molecular weight excluding hydrogens is 116 g/mol. The van der Waals surface area contributed by atoms with Crippen LogP contribution in [0.4, 0.5) is 0 Å². The molecule has 1 fully saturated rings. The lowest BCUT2D eigenvalue weighted by Gasteiger charge is -2.45. The molecule has 1 rings (SSSR count). The van der Waals surface area contributed by atoms with Crippen molar-refractivity contribution in [1.82, 2.24) is 0 Å². The van der Waals surface area contributed by atoms with Gasteiger partial charge in [0, 0.05) is 5.41 Å². The second-order valence-electron chi connectivity index (χ2n) is 3.12. The molecule has 0 bridgehead atoms. The van der Waals surface area contributed by atoms with Crippen molar-refractivity contribution < 1.29 is 10.2 Å². The van der Waals surface area contributed by atoms with E-state index in [2.05, 4.69) is 6.92 Å². The van der Waals surface area contributed by atoms with Crippen LogP contribution in [-0.2, 0) is 0 Å². The summed E-state index contributed by atoms with van der Waals surface area (Å²) in [4.78, 5) is 0. The third-order valence-corrected chi connectivity index (χ3v) is 2.75. The molecular formula is C7H14O2. The SMILES string of the molecule is CC1CCC1(CO)CO. The van der Waals surface area contributed by atoms with E-state index in [-0.39, 0.29) is 18.6 Å². The Morgan fingerprint density at radius 3 is 2.00 bits per heavy atom. The van der Waals surface area contributed by atoms with E-state index in [1.165, 1.54) is 0 Å². The topological polar surface area (TPSA) is 40.5 Å². The predicted octanol–water partition coefficient (Wildman–Crippen LogP) is 0.387. The van der Waals surface area contributed by atoms with Crippen LogP contribution in [0, 0.1) is 11.3 Å². The lowest BCUT2D eigenvalue weighted by Crippen LogP contribution is -2.44. The molecule has 0 saturated heterocycles. The van der Waals surface area contributed by atoms with E-state index in [4.69, 9.17) is 10.2 Å². The molecule has 0 aliphatic heterocycles. The number of aliphatic hydroxyl groups is 2. The molecule has 2 nitrogen and oxygen atoms in total. The Bertz CT molecular complexity index is 91.6. The van der Waals surface area contributed by atoms with Crippen molar-refractivity contribution in [3.05, 3.63) is 0 Å². The van der Waals surface area contributed by atoms with Gasteiger partial charge >= 0.3 is 0 Å². The van der Waals surface area contributed by atoms with Crippen LogP contribution in [0.3, 0.4) is 0 Å². The summed E-state index contributed by atoms with van der Waals surface area (Å²) >= 11 is 0. The summed E-state index contributed by atoms with van der Waals surface area (Å²) in [7, 11) is 0. The molecule has 1 aliphatic carbocycles. The van der Waals surface area contributed by atoms with E-state index < -0.39 is 0 Å². The Hall–Kier alpha value is -0.0800. The van der Waals surface area contributed by atoms with E-state index in [9.17, 15) is 0 Å². The van der Waals surface area contributed by atoms with Crippen LogP contribution in [0.15, 0.2) is 0 Å². The van der Waals surface area contributed by atoms with Crippen LogP contribution >= 0.6 is 0 Å². The minimum Gasteiger partial charge on any atom is -0.396 e. The maximum atomic E-state index is 8.85. The molecule has 1 aliphatic rings. The molecule has 0 aromatic carbocycles. The smallest absolute Gasteiger partial charge is 0.0511 e. The zero-order chi connectivity index (χ0) is 6.91. The van der Waals surface area contributed by atoms with Crippen molar-refractivity contribution >= 4 is 0 Å². The van der Waals surface area contributed by atoms with Crippen molar-refractivity contribution in [3.8, 4) is 0 Å². The summed E-state index contributed by atoms with van der Waals surface area (Å²) in [6.45, 7) is 2.37. The molecule has 0 aromatic heterocycles. The Kier molecular flexibility index (Phi) is 1.78. The summed E-state index contributed by atoms with van der Waals surface area (Å²) in [6.07, 6.45) is 2.14. The van der Waals surface area contributed by atoms with Crippen molar-refractivity contribution in [1.29, 1.82) is 0 Å². The average Bonchev–Trinajstić information content (AvgIpc) is 1.89. The van der Waals surface area contributed by atoms with Crippen molar-refractivity contribution in [2.45, 2.75) is 19.8 Å². The molecule has 0 amide bonds. The number of aliphatic hydroxyl groups excluding tert-OH is 2. The fourth-order valence-electron chi connectivity index (χ4n) is 1.36. The van der Waals surface area contributed by atoms with Gasteiger partial charge in [-0.2, -0.15) is 0 Å². The van der Waals surface area contributed by atoms with Gasteiger partial charge in [-0.15, -0.1) is 0 Å². The average molecular weight is 130 g/mol. The third-order valence-electron chi connectivity index (χ3n) is 2.75. The minimum absolute atomic E-state index is 0.125. The number of hydrogen-bond donors (Lipinski definition) is 2. The second kappa shape index (κ2) is 2.27. The lowest BCUT2D eigenvalue weighted by molar-refractivity contribution is -0.0597. The number of rotatable bonds is 2. The Labute approximate surface area is 55.5 Å². The van der Waals surface area contributed by atoms with Crippen LogP contribution in [-0.4, -0.2) is 23.4 Å². The summed E-state index contributed by atoms with van der Waals surface area (Å²) in [5, 5.41) is 17.7. The molecule has 2 N–H and O–H groups in total.